The number of nitrogens with two attached hydrogens (primary N) is 1. The van der Waals surface area contributed by atoms with E-state index in [0.717, 1.165) is 6.54 Å². The lowest BCUT2D eigenvalue weighted by Crippen LogP contribution is -2.30. The van der Waals surface area contributed by atoms with E-state index in [4.69, 9.17) is 10.9 Å². The van der Waals surface area contributed by atoms with Gasteiger partial charge in [-0.15, -0.1) is 11.3 Å². The molecule has 0 aromatic carbocycles. The van der Waals surface area contributed by atoms with E-state index >= 15 is 0 Å². The Bertz CT molecular complexity index is 354. The Hall–Kier alpha value is -1.07. The van der Waals surface area contributed by atoms with Crippen LogP contribution < -0.4 is 11.1 Å². The third kappa shape index (κ3) is 3.50. The van der Waals surface area contributed by atoms with E-state index < -0.39 is 0 Å². The topological polar surface area (TPSA) is 70.6 Å². The van der Waals surface area contributed by atoms with Gasteiger partial charge in [0.05, 0.1) is 0 Å². The number of thiophene rings is 1. The number of rotatable bonds is 5. The van der Waals surface area contributed by atoms with Gasteiger partial charge in [0, 0.05) is 28.8 Å². The second-order valence-corrected chi connectivity index (χ2v) is 5.35. The van der Waals surface area contributed by atoms with Crippen LogP contribution in [0.2, 0.25) is 0 Å². The van der Waals surface area contributed by atoms with Gasteiger partial charge in [-0.25, -0.2) is 0 Å². The van der Waals surface area contributed by atoms with Gasteiger partial charge < -0.3 is 16.3 Å². The van der Waals surface area contributed by atoms with Crippen molar-refractivity contribution in [2.45, 2.75) is 27.3 Å². The lowest BCUT2D eigenvalue weighted by molar-refractivity contribution is 0.314. The Labute approximate surface area is 100 Å². The van der Waals surface area contributed by atoms with Gasteiger partial charge in [-0.05, 0) is 25.5 Å². The first-order valence-corrected chi connectivity index (χ1v) is 6.10. The molecule has 1 unspecified atom stereocenters. The molecule has 0 aliphatic heterocycles. The SMILES string of the molecule is Cc1cc(CNCC(C)C(N)=NO)sc1C. The highest BCUT2D eigenvalue weighted by Crippen LogP contribution is 2.20. The molecule has 0 radical (unpaired) electrons. The van der Waals surface area contributed by atoms with E-state index in [0.29, 0.717) is 6.54 Å². The van der Waals surface area contributed by atoms with E-state index in [2.05, 4.69) is 30.4 Å². The highest BCUT2D eigenvalue weighted by molar-refractivity contribution is 7.12. The second-order valence-electron chi connectivity index (χ2n) is 4.01. The van der Waals surface area contributed by atoms with Crippen LogP contribution in [0.25, 0.3) is 0 Å². The van der Waals surface area contributed by atoms with Crippen molar-refractivity contribution < 1.29 is 5.21 Å². The fraction of sp³-hybridized carbons (Fsp3) is 0.545. The molecule has 0 saturated carbocycles. The second kappa shape index (κ2) is 5.86. The van der Waals surface area contributed by atoms with Crippen LogP contribution in [-0.2, 0) is 6.54 Å². The Morgan fingerprint density at radius 2 is 2.31 bits per heavy atom. The number of nitrogens with one attached hydrogen (secondary N) is 1. The Kier molecular flexibility index (Phi) is 4.76. The number of hydrogen-bond acceptors (Lipinski definition) is 4. The third-order valence-corrected chi connectivity index (χ3v) is 3.74. The van der Waals surface area contributed by atoms with Crippen molar-refractivity contribution in [1.82, 2.24) is 5.32 Å². The number of nitrogens with zero attached hydrogens (tertiary/aromatic N) is 1. The summed E-state index contributed by atoms with van der Waals surface area (Å²) in [6, 6.07) is 2.20. The van der Waals surface area contributed by atoms with E-state index in [-0.39, 0.29) is 11.8 Å². The highest BCUT2D eigenvalue weighted by Gasteiger charge is 2.07. The fourth-order valence-electron chi connectivity index (χ4n) is 1.35. The van der Waals surface area contributed by atoms with Crippen molar-refractivity contribution in [2.24, 2.45) is 16.8 Å². The van der Waals surface area contributed by atoms with Crippen LogP contribution in [0.1, 0.15) is 22.2 Å². The van der Waals surface area contributed by atoms with Gasteiger partial charge in [-0.2, -0.15) is 0 Å². The van der Waals surface area contributed by atoms with Crippen molar-refractivity contribution in [3.8, 4) is 0 Å². The van der Waals surface area contributed by atoms with Gasteiger partial charge in [0.1, 0.15) is 5.84 Å². The monoisotopic (exact) mass is 241 g/mol. The average Bonchev–Trinajstić information content (AvgIpc) is 2.57. The summed E-state index contributed by atoms with van der Waals surface area (Å²) in [5.41, 5.74) is 6.83. The standard InChI is InChI=1S/C11H19N3OS/c1-7-4-10(16-9(7)3)6-13-5-8(2)11(12)14-15/h4,8,13,15H,5-6H2,1-3H3,(H2,12,14). The zero-order valence-corrected chi connectivity index (χ0v) is 10.8. The zero-order chi connectivity index (χ0) is 12.1. The smallest absolute Gasteiger partial charge is 0.143 e. The van der Waals surface area contributed by atoms with Crippen LogP contribution in [0.5, 0.6) is 0 Å². The molecule has 4 nitrogen and oxygen atoms in total. The molecule has 16 heavy (non-hydrogen) atoms. The number of aryl methyl sites for hydroxylation is 2. The van der Waals surface area contributed by atoms with Crippen LogP contribution >= 0.6 is 11.3 Å². The molecule has 1 rings (SSSR count). The number of amidine groups is 1. The van der Waals surface area contributed by atoms with Crippen molar-refractivity contribution >= 4 is 17.2 Å². The van der Waals surface area contributed by atoms with Gasteiger partial charge in [-0.3, -0.25) is 0 Å². The largest absolute Gasteiger partial charge is 0.409 e. The summed E-state index contributed by atoms with van der Waals surface area (Å²) >= 11 is 1.81. The van der Waals surface area contributed by atoms with E-state index in [9.17, 15) is 0 Å². The minimum Gasteiger partial charge on any atom is -0.409 e. The molecule has 1 heterocycles. The summed E-state index contributed by atoms with van der Waals surface area (Å²) in [4.78, 5) is 2.68. The molecule has 1 aromatic heterocycles. The van der Waals surface area contributed by atoms with E-state index in [1.807, 2.05) is 6.92 Å². The average molecular weight is 241 g/mol. The Balaban J connectivity index is 2.36. The normalized spacial score (nSPS) is 14.1. The fourth-order valence-corrected chi connectivity index (χ4v) is 2.37. The molecular formula is C11H19N3OS. The first kappa shape index (κ1) is 13.0. The molecular weight excluding hydrogens is 222 g/mol. The summed E-state index contributed by atoms with van der Waals surface area (Å²) in [7, 11) is 0. The van der Waals surface area contributed by atoms with Crippen molar-refractivity contribution in [2.75, 3.05) is 6.54 Å². The molecule has 0 bridgehead atoms. The van der Waals surface area contributed by atoms with Gasteiger partial charge >= 0.3 is 0 Å². The van der Waals surface area contributed by atoms with Crippen LogP contribution in [0, 0.1) is 19.8 Å². The van der Waals surface area contributed by atoms with Crippen molar-refractivity contribution in [3.63, 3.8) is 0 Å². The summed E-state index contributed by atoms with van der Waals surface area (Å²) in [6.45, 7) is 7.72. The molecule has 0 fully saturated rings. The molecule has 90 valence electrons. The molecule has 5 heteroatoms. The molecule has 4 N–H and O–H groups in total. The third-order valence-electron chi connectivity index (χ3n) is 2.59. The Morgan fingerprint density at radius 3 is 2.81 bits per heavy atom. The van der Waals surface area contributed by atoms with Crippen molar-refractivity contribution in [3.05, 3.63) is 21.4 Å². The predicted molar refractivity (Wildman–Crippen MR) is 68.1 cm³/mol. The lowest BCUT2D eigenvalue weighted by Gasteiger charge is -2.09. The van der Waals surface area contributed by atoms with Crippen LogP contribution in [-0.4, -0.2) is 17.6 Å². The molecule has 1 aromatic rings. The summed E-state index contributed by atoms with van der Waals surface area (Å²) in [6.07, 6.45) is 0. The first-order chi connectivity index (χ1) is 7.54. The van der Waals surface area contributed by atoms with Crippen LogP contribution in [0.15, 0.2) is 11.2 Å². The highest BCUT2D eigenvalue weighted by atomic mass is 32.1. The number of hydrogen-bond donors (Lipinski definition) is 3. The number of oxime groups is 1. The quantitative estimate of drug-likeness (QED) is 0.319. The van der Waals surface area contributed by atoms with Gasteiger partial charge in [0.2, 0.25) is 0 Å². The Morgan fingerprint density at radius 1 is 1.62 bits per heavy atom. The van der Waals surface area contributed by atoms with E-state index in [1.165, 1.54) is 15.3 Å². The molecule has 0 aliphatic rings. The van der Waals surface area contributed by atoms with Gasteiger partial charge in [0.25, 0.3) is 0 Å². The molecule has 0 spiro atoms. The van der Waals surface area contributed by atoms with Gasteiger partial charge in [-0.1, -0.05) is 12.1 Å². The van der Waals surface area contributed by atoms with Gasteiger partial charge in [0.15, 0.2) is 0 Å². The molecule has 0 aliphatic carbocycles. The molecule has 0 saturated heterocycles. The van der Waals surface area contributed by atoms with Crippen LogP contribution in [0.3, 0.4) is 0 Å². The summed E-state index contributed by atoms with van der Waals surface area (Å²) in [5, 5.41) is 14.8. The van der Waals surface area contributed by atoms with Crippen molar-refractivity contribution in [1.29, 1.82) is 0 Å². The maximum Gasteiger partial charge on any atom is 0.143 e. The molecule has 1 atom stereocenters. The summed E-state index contributed by atoms with van der Waals surface area (Å²) in [5.74, 6) is 0.318. The maximum atomic E-state index is 8.50. The first-order valence-electron chi connectivity index (χ1n) is 5.28. The van der Waals surface area contributed by atoms with Crippen LogP contribution in [0.4, 0.5) is 0 Å². The van der Waals surface area contributed by atoms with E-state index in [1.54, 1.807) is 11.3 Å². The lowest BCUT2D eigenvalue weighted by atomic mass is 10.1. The minimum absolute atomic E-state index is 0.0483. The minimum atomic E-state index is 0.0483. The maximum absolute atomic E-state index is 8.50. The summed E-state index contributed by atoms with van der Waals surface area (Å²) < 4.78 is 0. The predicted octanol–water partition coefficient (Wildman–Crippen LogP) is 1.84. The molecule has 0 amide bonds. The zero-order valence-electron chi connectivity index (χ0n) is 9.95.